The van der Waals surface area contributed by atoms with Gasteiger partial charge in [0.05, 0.1) is 18.5 Å². The van der Waals surface area contributed by atoms with E-state index >= 15 is 0 Å². The van der Waals surface area contributed by atoms with Crippen LogP contribution in [-0.2, 0) is 6.54 Å². The van der Waals surface area contributed by atoms with Gasteiger partial charge in [-0.25, -0.2) is 0 Å². The fraction of sp³-hybridized carbons (Fsp3) is 0.357. The first-order valence-electron chi connectivity index (χ1n) is 6.21. The van der Waals surface area contributed by atoms with Gasteiger partial charge in [0.25, 0.3) is 0 Å². The number of methoxy groups -OCH3 is 1. The largest absolute Gasteiger partial charge is 0.480 e. The number of rotatable bonds is 5. The third kappa shape index (κ3) is 3.64. The highest BCUT2D eigenvalue weighted by atomic mass is 79.9. The van der Waals surface area contributed by atoms with E-state index in [0.29, 0.717) is 12.4 Å². The number of halogens is 1. The van der Waals surface area contributed by atoms with Crippen molar-refractivity contribution in [2.75, 3.05) is 31.4 Å². The number of anilines is 2. The lowest BCUT2D eigenvalue weighted by Crippen LogP contribution is -2.07. The third-order valence-electron chi connectivity index (χ3n) is 2.72. The van der Waals surface area contributed by atoms with E-state index in [9.17, 15) is 0 Å². The molecule has 1 heterocycles. The second-order valence-electron chi connectivity index (χ2n) is 4.69. The molecule has 0 amide bonds. The van der Waals surface area contributed by atoms with Crippen LogP contribution in [0.4, 0.5) is 10.8 Å². The molecule has 0 aliphatic heterocycles. The summed E-state index contributed by atoms with van der Waals surface area (Å²) < 4.78 is 6.41. The van der Waals surface area contributed by atoms with Gasteiger partial charge in [-0.15, -0.1) is 0 Å². The van der Waals surface area contributed by atoms with Gasteiger partial charge in [0.2, 0.25) is 5.88 Å². The molecule has 0 spiro atoms. The molecule has 0 aliphatic carbocycles. The molecule has 0 bridgehead atoms. The van der Waals surface area contributed by atoms with Crippen LogP contribution in [-0.4, -0.2) is 26.2 Å². The summed E-state index contributed by atoms with van der Waals surface area (Å²) in [6.07, 6.45) is 0. The maximum Gasteiger partial charge on any atom is 0.231 e. The van der Waals surface area contributed by atoms with E-state index in [1.54, 1.807) is 18.4 Å². The lowest BCUT2D eigenvalue weighted by Gasteiger charge is -2.07. The smallest absolute Gasteiger partial charge is 0.231 e. The Balaban J connectivity index is 2.13. The highest BCUT2D eigenvalue weighted by Crippen LogP contribution is 2.31. The molecular weight excluding hydrogens is 338 g/mol. The summed E-state index contributed by atoms with van der Waals surface area (Å²) in [5, 5.41) is 4.36. The SMILES string of the molecule is COc1nc(N(C)C)sc1CNc1cc(C)cc(Br)c1. The van der Waals surface area contributed by atoms with E-state index in [0.717, 1.165) is 20.2 Å². The van der Waals surface area contributed by atoms with Gasteiger partial charge in [0.1, 0.15) is 0 Å². The highest BCUT2D eigenvalue weighted by Gasteiger charge is 2.12. The van der Waals surface area contributed by atoms with E-state index in [4.69, 9.17) is 4.74 Å². The molecule has 0 unspecified atom stereocenters. The summed E-state index contributed by atoms with van der Waals surface area (Å²) in [5.41, 5.74) is 2.30. The monoisotopic (exact) mass is 355 g/mol. The zero-order valence-electron chi connectivity index (χ0n) is 12.0. The van der Waals surface area contributed by atoms with Crippen LogP contribution in [0.5, 0.6) is 5.88 Å². The molecule has 6 heteroatoms. The van der Waals surface area contributed by atoms with Crippen molar-refractivity contribution in [3.63, 3.8) is 0 Å². The Kier molecular flexibility index (Phi) is 4.88. The lowest BCUT2D eigenvalue weighted by molar-refractivity contribution is 0.397. The molecule has 0 radical (unpaired) electrons. The second-order valence-corrected chi connectivity index (χ2v) is 6.67. The molecule has 2 rings (SSSR count). The van der Waals surface area contributed by atoms with Crippen LogP contribution in [0.3, 0.4) is 0 Å². The maximum absolute atomic E-state index is 5.34. The molecule has 0 saturated heterocycles. The Morgan fingerprint density at radius 3 is 2.70 bits per heavy atom. The minimum atomic E-state index is 0.693. The zero-order chi connectivity index (χ0) is 14.7. The van der Waals surface area contributed by atoms with Crippen molar-refractivity contribution in [3.8, 4) is 5.88 Å². The van der Waals surface area contributed by atoms with Crippen LogP contribution in [0.1, 0.15) is 10.4 Å². The van der Waals surface area contributed by atoms with Gasteiger partial charge < -0.3 is 15.0 Å². The highest BCUT2D eigenvalue weighted by molar-refractivity contribution is 9.10. The lowest BCUT2D eigenvalue weighted by atomic mass is 10.2. The summed E-state index contributed by atoms with van der Waals surface area (Å²) >= 11 is 5.14. The first kappa shape index (κ1) is 15.1. The fourth-order valence-corrected chi connectivity index (χ4v) is 3.31. The first-order chi connectivity index (χ1) is 9.49. The van der Waals surface area contributed by atoms with E-state index in [2.05, 4.69) is 51.4 Å². The molecule has 1 N–H and O–H groups in total. The summed E-state index contributed by atoms with van der Waals surface area (Å²) in [5.74, 6) is 0.693. The van der Waals surface area contributed by atoms with Crippen molar-refractivity contribution in [1.82, 2.24) is 4.98 Å². The van der Waals surface area contributed by atoms with Crippen molar-refractivity contribution in [3.05, 3.63) is 33.1 Å². The van der Waals surface area contributed by atoms with E-state index in [-0.39, 0.29) is 0 Å². The quantitative estimate of drug-likeness (QED) is 0.882. The topological polar surface area (TPSA) is 37.4 Å². The number of hydrogen-bond acceptors (Lipinski definition) is 5. The Labute approximate surface area is 131 Å². The van der Waals surface area contributed by atoms with E-state index in [1.165, 1.54) is 5.56 Å². The Morgan fingerprint density at radius 2 is 2.10 bits per heavy atom. The van der Waals surface area contributed by atoms with Crippen molar-refractivity contribution < 1.29 is 4.74 Å². The molecule has 1 aromatic carbocycles. The molecule has 4 nitrogen and oxygen atoms in total. The molecule has 0 aliphatic rings. The van der Waals surface area contributed by atoms with Gasteiger partial charge in [-0.3, -0.25) is 0 Å². The van der Waals surface area contributed by atoms with Crippen LogP contribution < -0.4 is 15.0 Å². The number of aryl methyl sites for hydroxylation is 1. The van der Waals surface area contributed by atoms with Crippen LogP contribution in [0.15, 0.2) is 22.7 Å². The maximum atomic E-state index is 5.34. The molecule has 20 heavy (non-hydrogen) atoms. The van der Waals surface area contributed by atoms with Gasteiger partial charge in [-0.1, -0.05) is 27.3 Å². The van der Waals surface area contributed by atoms with Gasteiger partial charge >= 0.3 is 0 Å². The average Bonchev–Trinajstić information content (AvgIpc) is 2.78. The van der Waals surface area contributed by atoms with E-state index in [1.807, 2.05) is 19.0 Å². The number of aromatic nitrogens is 1. The Morgan fingerprint density at radius 1 is 1.35 bits per heavy atom. The van der Waals surface area contributed by atoms with Crippen molar-refractivity contribution >= 4 is 38.1 Å². The predicted molar refractivity (Wildman–Crippen MR) is 89.2 cm³/mol. The first-order valence-corrected chi connectivity index (χ1v) is 7.82. The van der Waals surface area contributed by atoms with Crippen LogP contribution >= 0.6 is 27.3 Å². The summed E-state index contributed by atoms with van der Waals surface area (Å²) in [7, 11) is 5.61. The number of thiazole rings is 1. The molecule has 108 valence electrons. The molecule has 1 aromatic heterocycles. The van der Waals surface area contributed by atoms with Gasteiger partial charge in [-0.05, 0) is 30.7 Å². The normalized spacial score (nSPS) is 10.4. The van der Waals surface area contributed by atoms with Gasteiger partial charge in [0, 0.05) is 24.3 Å². The second kappa shape index (κ2) is 6.45. The van der Waals surface area contributed by atoms with Crippen molar-refractivity contribution in [2.45, 2.75) is 13.5 Å². The summed E-state index contributed by atoms with van der Waals surface area (Å²) in [6.45, 7) is 2.78. The number of hydrogen-bond donors (Lipinski definition) is 1. The summed E-state index contributed by atoms with van der Waals surface area (Å²) in [6, 6.07) is 6.26. The molecular formula is C14H18BrN3OS. The Hall–Kier alpha value is -1.27. The van der Waals surface area contributed by atoms with E-state index < -0.39 is 0 Å². The minimum absolute atomic E-state index is 0.693. The molecule has 0 fully saturated rings. The fourth-order valence-electron chi connectivity index (χ4n) is 1.81. The van der Waals surface area contributed by atoms with Crippen molar-refractivity contribution in [2.24, 2.45) is 0 Å². The standard InChI is InChI=1S/C14H18BrN3OS/c1-9-5-10(15)7-11(6-9)16-8-12-13(19-4)17-14(20-12)18(2)3/h5-7,16H,8H2,1-4H3. The van der Waals surface area contributed by atoms with Gasteiger partial charge in [0.15, 0.2) is 5.13 Å². The number of nitrogens with one attached hydrogen (secondary N) is 1. The molecule has 0 atom stereocenters. The number of benzene rings is 1. The molecule has 2 aromatic rings. The van der Waals surface area contributed by atoms with Crippen LogP contribution in [0, 0.1) is 6.92 Å². The van der Waals surface area contributed by atoms with Crippen LogP contribution in [0.2, 0.25) is 0 Å². The molecule has 0 saturated carbocycles. The van der Waals surface area contributed by atoms with Crippen molar-refractivity contribution in [1.29, 1.82) is 0 Å². The Bertz CT molecular complexity index is 578. The minimum Gasteiger partial charge on any atom is -0.480 e. The zero-order valence-corrected chi connectivity index (χ0v) is 14.4. The average molecular weight is 356 g/mol. The summed E-state index contributed by atoms with van der Waals surface area (Å²) in [4.78, 5) is 7.53. The van der Waals surface area contributed by atoms with Crippen LogP contribution in [0.25, 0.3) is 0 Å². The number of nitrogens with zero attached hydrogens (tertiary/aromatic N) is 2. The predicted octanol–water partition coefficient (Wildman–Crippen LogP) is 3.90. The third-order valence-corrected chi connectivity index (χ3v) is 4.38. The number of ether oxygens (including phenoxy) is 1. The van der Waals surface area contributed by atoms with Gasteiger partial charge in [-0.2, -0.15) is 4.98 Å².